The zero-order chi connectivity index (χ0) is 25.5. The maximum absolute atomic E-state index is 13.9. The van der Waals surface area contributed by atoms with Crippen molar-refractivity contribution in [3.63, 3.8) is 0 Å². The van der Waals surface area contributed by atoms with Crippen LogP contribution in [0.2, 0.25) is 0 Å². The molecule has 0 aliphatic rings. The van der Waals surface area contributed by atoms with Gasteiger partial charge in [-0.25, -0.2) is 13.2 Å². The number of aliphatic carboxylic acids is 1. The van der Waals surface area contributed by atoms with E-state index in [0.29, 0.717) is 0 Å². The molecule has 0 aliphatic heterocycles. The highest BCUT2D eigenvalue weighted by Crippen LogP contribution is 2.39. The molecule has 2 rings (SSSR count). The first kappa shape index (κ1) is 26.2. The smallest absolute Gasteiger partial charge is 0.328 e. The quantitative estimate of drug-likeness (QED) is 0.418. The number of likely N-dealkylation sites (N-methyl/N-ethyl adjacent to an activating group) is 1. The van der Waals surface area contributed by atoms with E-state index in [-0.39, 0.29) is 28.3 Å². The van der Waals surface area contributed by atoms with Gasteiger partial charge in [0.25, 0.3) is 15.9 Å². The lowest BCUT2D eigenvalue weighted by molar-refractivity contribution is -0.131. The van der Waals surface area contributed by atoms with E-state index in [2.05, 4.69) is 10.6 Å². The molecule has 182 valence electrons. The lowest BCUT2D eigenvalue weighted by Gasteiger charge is -2.27. The van der Waals surface area contributed by atoms with E-state index >= 15 is 0 Å². The number of hydrogen-bond acceptors (Lipinski definition) is 7. The molecule has 0 aliphatic carbocycles. The van der Waals surface area contributed by atoms with Gasteiger partial charge in [0.15, 0.2) is 11.5 Å². The zero-order valence-electron chi connectivity index (χ0n) is 19.0. The Morgan fingerprint density at radius 3 is 2.29 bits per heavy atom. The Bertz CT molecular complexity index is 1220. The monoisotopic (exact) mass is 491 g/mol. The molecule has 12 heteroatoms. The molecule has 34 heavy (non-hydrogen) atoms. The molecule has 0 saturated carbocycles. The fourth-order valence-corrected chi connectivity index (χ4v) is 4.70. The van der Waals surface area contributed by atoms with Crippen LogP contribution in [-0.2, 0) is 19.6 Å². The third-order valence-electron chi connectivity index (χ3n) is 4.66. The molecule has 11 nitrogen and oxygen atoms in total. The van der Waals surface area contributed by atoms with Gasteiger partial charge in [-0.2, -0.15) is 0 Å². The Hall–Kier alpha value is -4.06. The zero-order valence-corrected chi connectivity index (χ0v) is 19.8. The summed E-state index contributed by atoms with van der Waals surface area (Å²) in [6.07, 6.45) is 2.02. The van der Waals surface area contributed by atoms with Crippen LogP contribution >= 0.6 is 0 Å². The predicted octanol–water partition coefficient (Wildman–Crippen LogP) is 1.10. The number of methoxy groups -OCH3 is 2. The highest BCUT2D eigenvalue weighted by Gasteiger charge is 2.33. The second-order valence-corrected chi connectivity index (χ2v) is 8.54. The Morgan fingerprint density at radius 2 is 1.74 bits per heavy atom. The number of amides is 2. The van der Waals surface area contributed by atoms with E-state index in [1.165, 1.54) is 64.7 Å². The van der Waals surface area contributed by atoms with Gasteiger partial charge in [0.05, 0.1) is 25.5 Å². The molecule has 0 bridgehead atoms. The Morgan fingerprint density at radius 1 is 1.06 bits per heavy atom. The lowest BCUT2D eigenvalue weighted by Crippen LogP contribution is -2.41. The molecule has 0 heterocycles. The predicted molar refractivity (Wildman–Crippen MR) is 125 cm³/mol. The first-order valence-corrected chi connectivity index (χ1v) is 11.3. The number of ether oxygens (including phenoxy) is 2. The average molecular weight is 492 g/mol. The number of nitrogens with zero attached hydrogens (tertiary/aromatic N) is 1. The van der Waals surface area contributed by atoms with Crippen LogP contribution in [-0.4, -0.2) is 66.2 Å². The van der Waals surface area contributed by atoms with E-state index in [1.54, 1.807) is 6.07 Å². The van der Waals surface area contributed by atoms with Crippen LogP contribution in [0.5, 0.6) is 11.5 Å². The molecule has 0 saturated heterocycles. The van der Waals surface area contributed by atoms with Crippen molar-refractivity contribution >= 4 is 39.6 Å². The number of carbonyl (C=O) groups excluding carboxylic acids is 2. The highest BCUT2D eigenvalue weighted by atomic mass is 32.2. The average Bonchev–Trinajstić information content (AvgIpc) is 2.84. The Balaban J connectivity index is 2.86. The maximum Gasteiger partial charge on any atom is 0.328 e. The van der Waals surface area contributed by atoms with Gasteiger partial charge in [-0.3, -0.25) is 13.9 Å². The van der Waals surface area contributed by atoms with Gasteiger partial charge in [0, 0.05) is 20.2 Å². The fourth-order valence-electron chi connectivity index (χ4n) is 3.05. The minimum Gasteiger partial charge on any atom is -0.493 e. The van der Waals surface area contributed by atoms with Crippen molar-refractivity contribution in [2.24, 2.45) is 0 Å². The number of carboxylic acid groups (broad SMARTS) is 1. The van der Waals surface area contributed by atoms with Gasteiger partial charge in [-0.1, -0.05) is 12.1 Å². The number of sulfonamides is 1. The molecule has 2 amide bonds. The third-order valence-corrected chi connectivity index (χ3v) is 6.43. The third kappa shape index (κ3) is 5.64. The SMILES string of the molecule is CNC(=O)CN(c1ccccc1C(=O)NC)S(=O)(=O)c1cc(/C=C/C(=O)O)cc(OC)c1OC. The topological polar surface area (TPSA) is 151 Å². The van der Waals surface area contributed by atoms with Crippen molar-refractivity contribution in [3.8, 4) is 11.5 Å². The van der Waals surface area contributed by atoms with Crippen LogP contribution < -0.4 is 24.4 Å². The summed E-state index contributed by atoms with van der Waals surface area (Å²) in [4.78, 5) is 35.3. The molecule has 0 radical (unpaired) electrons. The summed E-state index contributed by atoms with van der Waals surface area (Å²) < 4.78 is 39.2. The highest BCUT2D eigenvalue weighted by molar-refractivity contribution is 7.93. The molecule has 2 aromatic rings. The van der Waals surface area contributed by atoms with Crippen molar-refractivity contribution in [2.75, 3.05) is 39.2 Å². The Kier molecular flexibility index (Phi) is 8.62. The second kappa shape index (κ2) is 11.2. The fraction of sp³-hybridized carbons (Fsp3) is 0.227. The van der Waals surface area contributed by atoms with Crippen LogP contribution in [0, 0.1) is 0 Å². The summed E-state index contributed by atoms with van der Waals surface area (Å²) in [5.74, 6) is -2.57. The van der Waals surface area contributed by atoms with E-state index in [1.807, 2.05) is 0 Å². The first-order valence-electron chi connectivity index (χ1n) is 9.82. The summed E-state index contributed by atoms with van der Waals surface area (Å²) >= 11 is 0. The van der Waals surface area contributed by atoms with Gasteiger partial charge >= 0.3 is 5.97 Å². The minimum absolute atomic E-state index is 0.0188. The van der Waals surface area contributed by atoms with Gasteiger partial charge < -0.3 is 25.2 Å². The molecular weight excluding hydrogens is 466 g/mol. The number of hydrogen-bond donors (Lipinski definition) is 3. The van der Waals surface area contributed by atoms with Crippen molar-refractivity contribution in [2.45, 2.75) is 4.90 Å². The molecule has 0 atom stereocenters. The molecule has 0 aromatic heterocycles. The maximum atomic E-state index is 13.9. The summed E-state index contributed by atoms with van der Waals surface area (Å²) in [6, 6.07) is 8.49. The largest absolute Gasteiger partial charge is 0.493 e. The number of carboxylic acids is 1. The molecule has 0 unspecified atom stereocenters. The van der Waals surface area contributed by atoms with E-state index < -0.39 is 39.2 Å². The standard InChI is InChI=1S/C22H25N3O8S/c1-23-19(26)13-25(16-8-6-5-7-15(16)22(29)24-2)34(30,31)18-12-14(9-10-20(27)28)11-17(32-3)21(18)33-4/h5-12H,13H2,1-4H3,(H,23,26)(H,24,29)(H,27,28)/b10-9+. The van der Waals surface area contributed by atoms with Crippen molar-refractivity contribution < 1.29 is 37.4 Å². The molecule has 0 spiro atoms. The number of rotatable bonds is 10. The van der Waals surface area contributed by atoms with E-state index in [9.17, 15) is 22.8 Å². The summed E-state index contributed by atoms with van der Waals surface area (Å²) in [5, 5.41) is 13.8. The van der Waals surface area contributed by atoms with E-state index in [4.69, 9.17) is 14.6 Å². The number of nitrogens with one attached hydrogen (secondary N) is 2. The van der Waals surface area contributed by atoms with Crippen LogP contribution in [0.1, 0.15) is 15.9 Å². The number of carbonyl (C=O) groups is 3. The van der Waals surface area contributed by atoms with E-state index in [0.717, 1.165) is 10.4 Å². The Labute approximate surface area is 197 Å². The molecule has 3 N–H and O–H groups in total. The molecule has 0 fully saturated rings. The minimum atomic E-state index is -4.55. The molecule has 2 aromatic carbocycles. The van der Waals surface area contributed by atoms with Gasteiger partial charge in [-0.15, -0.1) is 0 Å². The van der Waals surface area contributed by atoms with Crippen LogP contribution in [0.25, 0.3) is 6.08 Å². The summed E-state index contributed by atoms with van der Waals surface area (Å²) in [5.41, 5.74) is 0.168. The lowest BCUT2D eigenvalue weighted by atomic mass is 10.1. The van der Waals surface area contributed by atoms with Gasteiger partial charge in [-0.05, 0) is 35.9 Å². The first-order chi connectivity index (χ1) is 16.1. The normalized spacial score (nSPS) is 11.1. The van der Waals surface area contributed by atoms with Crippen molar-refractivity contribution in [1.82, 2.24) is 10.6 Å². The van der Waals surface area contributed by atoms with Crippen LogP contribution in [0.4, 0.5) is 5.69 Å². The van der Waals surface area contributed by atoms with Crippen LogP contribution in [0.3, 0.4) is 0 Å². The number of benzene rings is 2. The molecular formula is C22H25N3O8S. The second-order valence-electron chi connectivity index (χ2n) is 6.71. The number of anilines is 1. The van der Waals surface area contributed by atoms with Gasteiger partial charge in [0.1, 0.15) is 11.4 Å². The van der Waals surface area contributed by atoms with Crippen molar-refractivity contribution in [3.05, 3.63) is 53.6 Å². The van der Waals surface area contributed by atoms with Crippen molar-refractivity contribution in [1.29, 1.82) is 0 Å². The summed E-state index contributed by atoms with van der Waals surface area (Å²) in [6.45, 7) is -0.645. The summed E-state index contributed by atoms with van der Waals surface area (Å²) in [7, 11) is 0.719. The van der Waals surface area contributed by atoms with Crippen LogP contribution in [0.15, 0.2) is 47.4 Å². The van der Waals surface area contributed by atoms with Gasteiger partial charge in [0.2, 0.25) is 5.91 Å². The number of para-hydroxylation sites is 1.